The van der Waals surface area contributed by atoms with E-state index in [1.54, 1.807) is 0 Å². The number of fused-ring (bicyclic) bond motifs is 1. The number of para-hydroxylation sites is 1. The number of nitrogens with zero attached hydrogens (tertiary/aromatic N) is 3. The lowest BCUT2D eigenvalue weighted by Gasteiger charge is -2.14. The summed E-state index contributed by atoms with van der Waals surface area (Å²) in [6.07, 6.45) is 5.28. The minimum atomic E-state index is -0.0633. The predicted octanol–water partition coefficient (Wildman–Crippen LogP) is 5.85. The van der Waals surface area contributed by atoms with Gasteiger partial charge in [0.25, 0.3) is 0 Å². The van der Waals surface area contributed by atoms with Crippen LogP contribution in [0.1, 0.15) is 44.6 Å². The van der Waals surface area contributed by atoms with Gasteiger partial charge in [0.05, 0.1) is 18.4 Å². The van der Waals surface area contributed by atoms with E-state index in [4.69, 9.17) is 4.74 Å². The zero-order valence-electron chi connectivity index (χ0n) is 20.2. The number of anilines is 1. The molecule has 2 atom stereocenters. The molecule has 1 fully saturated rings. The van der Waals surface area contributed by atoms with Gasteiger partial charge >= 0.3 is 0 Å². The Hall–Kier alpha value is -3.10. The van der Waals surface area contributed by atoms with E-state index in [1.165, 1.54) is 17.3 Å². The van der Waals surface area contributed by atoms with Gasteiger partial charge in [0, 0.05) is 35.0 Å². The second-order valence-corrected chi connectivity index (χ2v) is 10.0. The Morgan fingerprint density at radius 2 is 2.06 bits per heavy atom. The van der Waals surface area contributed by atoms with Gasteiger partial charge in [-0.25, -0.2) is 0 Å². The van der Waals surface area contributed by atoms with Crippen molar-refractivity contribution in [2.24, 2.45) is 0 Å². The van der Waals surface area contributed by atoms with Crippen molar-refractivity contribution >= 4 is 34.3 Å². The zero-order valence-corrected chi connectivity index (χ0v) is 21.0. The summed E-state index contributed by atoms with van der Waals surface area (Å²) in [5.41, 5.74) is 4.15. The summed E-state index contributed by atoms with van der Waals surface area (Å²) in [4.78, 5) is 16.0. The number of nitrogens with one attached hydrogen (secondary N) is 2. The van der Waals surface area contributed by atoms with Crippen LogP contribution in [0.25, 0.3) is 22.3 Å². The highest BCUT2D eigenvalue weighted by atomic mass is 32.2. The van der Waals surface area contributed by atoms with Crippen molar-refractivity contribution in [1.29, 1.82) is 0 Å². The number of benzene rings is 2. The van der Waals surface area contributed by atoms with Crippen LogP contribution in [0.3, 0.4) is 0 Å². The molecule has 35 heavy (non-hydrogen) atoms. The maximum atomic E-state index is 12.7. The monoisotopic (exact) mass is 489 g/mol. The smallest absolute Gasteiger partial charge is 0.234 e. The molecule has 0 saturated carbocycles. The number of carbonyl (C=O) groups excluding carboxylic acids is 1. The minimum absolute atomic E-state index is 0.0633. The van der Waals surface area contributed by atoms with E-state index in [0.29, 0.717) is 12.5 Å². The summed E-state index contributed by atoms with van der Waals surface area (Å²) in [7, 11) is 0. The van der Waals surface area contributed by atoms with Crippen LogP contribution in [-0.4, -0.2) is 44.1 Å². The molecule has 2 N–H and O–H groups in total. The summed E-state index contributed by atoms with van der Waals surface area (Å²) in [6.45, 7) is 5.85. The molecule has 2 unspecified atom stereocenters. The molecule has 5 rings (SSSR count). The first-order valence-corrected chi connectivity index (χ1v) is 13.2. The van der Waals surface area contributed by atoms with Crippen molar-refractivity contribution in [3.05, 3.63) is 60.3 Å². The summed E-state index contributed by atoms with van der Waals surface area (Å²) in [5.74, 6) is 1.50. The average Bonchev–Trinajstić information content (AvgIpc) is 3.63. The molecule has 1 aliphatic heterocycles. The van der Waals surface area contributed by atoms with Crippen LogP contribution in [0.2, 0.25) is 0 Å². The molecule has 1 saturated heterocycles. The van der Waals surface area contributed by atoms with Gasteiger partial charge in [0.15, 0.2) is 11.0 Å². The number of aromatic amines is 1. The van der Waals surface area contributed by atoms with Crippen LogP contribution in [-0.2, 0) is 16.1 Å². The molecule has 1 amide bonds. The normalized spacial score (nSPS) is 16.6. The summed E-state index contributed by atoms with van der Waals surface area (Å²) >= 11 is 1.40. The van der Waals surface area contributed by atoms with Crippen LogP contribution in [0.4, 0.5) is 5.69 Å². The van der Waals surface area contributed by atoms with E-state index in [2.05, 4.69) is 63.2 Å². The van der Waals surface area contributed by atoms with Crippen molar-refractivity contribution in [2.45, 2.75) is 56.8 Å². The van der Waals surface area contributed by atoms with Crippen LogP contribution in [0.5, 0.6) is 0 Å². The molecule has 7 nitrogen and oxygen atoms in total. The van der Waals surface area contributed by atoms with E-state index in [9.17, 15) is 4.79 Å². The van der Waals surface area contributed by atoms with Gasteiger partial charge in [-0.3, -0.25) is 9.36 Å². The number of rotatable bonds is 9. The maximum Gasteiger partial charge on any atom is 0.234 e. The van der Waals surface area contributed by atoms with E-state index in [-0.39, 0.29) is 17.8 Å². The fraction of sp³-hybridized carbons (Fsp3) is 0.370. The quantitative estimate of drug-likeness (QED) is 0.288. The first-order valence-electron chi connectivity index (χ1n) is 12.3. The number of aromatic nitrogens is 4. The molecule has 0 radical (unpaired) electrons. The third kappa shape index (κ3) is 5.28. The Morgan fingerprint density at radius 1 is 1.23 bits per heavy atom. The lowest BCUT2D eigenvalue weighted by atomic mass is 9.99. The lowest BCUT2D eigenvalue weighted by molar-refractivity contribution is -0.113. The Bertz CT molecular complexity index is 1290. The molecule has 2 aromatic heterocycles. The highest BCUT2D eigenvalue weighted by Crippen LogP contribution is 2.31. The second kappa shape index (κ2) is 10.7. The molecule has 3 heterocycles. The van der Waals surface area contributed by atoms with Gasteiger partial charge in [-0.2, -0.15) is 0 Å². The third-order valence-electron chi connectivity index (χ3n) is 6.67. The zero-order chi connectivity index (χ0) is 24.2. The van der Waals surface area contributed by atoms with Gasteiger partial charge in [-0.1, -0.05) is 55.9 Å². The van der Waals surface area contributed by atoms with Crippen molar-refractivity contribution in [3.8, 4) is 11.4 Å². The number of ether oxygens (including phenoxy) is 1. The number of hydrogen-bond donors (Lipinski definition) is 2. The number of thioether (sulfide) groups is 1. The third-order valence-corrected chi connectivity index (χ3v) is 7.63. The first kappa shape index (κ1) is 23.6. The van der Waals surface area contributed by atoms with Gasteiger partial charge in [-0.05, 0) is 48.9 Å². The Labute approximate surface area is 209 Å². The fourth-order valence-electron chi connectivity index (χ4n) is 4.47. The summed E-state index contributed by atoms with van der Waals surface area (Å²) in [5, 5.41) is 13.8. The van der Waals surface area contributed by atoms with Gasteiger partial charge in [-0.15, -0.1) is 10.2 Å². The minimum Gasteiger partial charge on any atom is -0.376 e. The van der Waals surface area contributed by atoms with Crippen LogP contribution >= 0.6 is 11.8 Å². The summed E-state index contributed by atoms with van der Waals surface area (Å²) in [6, 6.07) is 16.3. The molecule has 4 aromatic rings. The Kier molecular flexibility index (Phi) is 7.20. The maximum absolute atomic E-state index is 12.7. The van der Waals surface area contributed by atoms with Gasteiger partial charge in [0.2, 0.25) is 5.91 Å². The lowest BCUT2D eigenvalue weighted by Crippen LogP contribution is -2.18. The molecule has 8 heteroatoms. The molecular weight excluding hydrogens is 458 g/mol. The van der Waals surface area contributed by atoms with E-state index in [0.717, 1.165) is 59.0 Å². The molecule has 1 aliphatic rings. The predicted molar refractivity (Wildman–Crippen MR) is 141 cm³/mol. The number of amides is 1. The molecular formula is C27H31N5O2S. The molecule has 2 aromatic carbocycles. The highest BCUT2D eigenvalue weighted by molar-refractivity contribution is 7.99. The molecule has 0 bridgehead atoms. The van der Waals surface area contributed by atoms with E-state index >= 15 is 0 Å². The van der Waals surface area contributed by atoms with Crippen LogP contribution in [0, 0.1) is 0 Å². The van der Waals surface area contributed by atoms with Crippen LogP contribution < -0.4 is 5.32 Å². The van der Waals surface area contributed by atoms with Crippen molar-refractivity contribution < 1.29 is 9.53 Å². The van der Waals surface area contributed by atoms with Gasteiger partial charge < -0.3 is 15.0 Å². The van der Waals surface area contributed by atoms with Crippen molar-refractivity contribution in [2.75, 3.05) is 17.7 Å². The van der Waals surface area contributed by atoms with Crippen molar-refractivity contribution in [1.82, 2.24) is 19.7 Å². The van der Waals surface area contributed by atoms with E-state index in [1.807, 2.05) is 30.5 Å². The Morgan fingerprint density at radius 3 is 2.83 bits per heavy atom. The Balaban J connectivity index is 1.32. The second-order valence-electron chi connectivity index (χ2n) is 9.07. The largest absolute Gasteiger partial charge is 0.376 e. The topological polar surface area (TPSA) is 84.8 Å². The van der Waals surface area contributed by atoms with Gasteiger partial charge in [0.1, 0.15) is 0 Å². The first-order chi connectivity index (χ1) is 17.1. The average molecular weight is 490 g/mol. The van der Waals surface area contributed by atoms with E-state index < -0.39 is 0 Å². The highest BCUT2D eigenvalue weighted by Gasteiger charge is 2.23. The number of carbonyl (C=O) groups is 1. The number of hydrogen-bond acceptors (Lipinski definition) is 5. The number of H-pyrrole nitrogens is 1. The molecule has 182 valence electrons. The fourth-order valence-corrected chi connectivity index (χ4v) is 5.21. The SMILES string of the molecule is CCC(C)c1ccc(NC(=O)CSc2nnc(-c3c[nH]c4ccccc34)n2CC2CCCO2)cc1. The van der Waals surface area contributed by atoms with Crippen LogP contribution in [0.15, 0.2) is 59.9 Å². The molecule has 0 spiro atoms. The molecule has 0 aliphatic carbocycles. The van der Waals surface area contributed by atoms with Crippen molar-refractivity contribution in [3.63, 3.8) is 0 Å². The standard InChI is InChI=1S/C27H31N5O2S/c1-3-18(2)19-10-12-20(13-11-19)29-25(33)17-35-27-31-30-26(32(27)16-21-7-6-14-34-21)23-15-28-24-9-5-4-8-22(23)24/h4-5,8-13,15,18,21,28H,3,6-7,14,16-17H2,1-2H3,(H,29,33). The summed E-state index contributed by atoms with van der Waals surface area (Å²) < 4.78 is 8.01.